The molecule has 0 spiro atoms. The lowest BCUT2D eigenvalue weighted by Crippen LogP contribution is -2.30. The van der Waals surface area contributed by atoms with E-state index in [1.54, 1.807) is 12.2 Å². The quantitative estimate of drug-likeness (QED) is 0.130. The fraction of sp³-hybridized carbons (Fsp3) is 0.0725. The lowest BCUT2D eigenvalue weighted by Gasteiger charge is -2.36. The summed E-state index contributed by atoms with van der Waals surface area (Å²) in [7, 11) is 0. The third-order valence-corrected chi connectivity index (χ3v) is 16.2. The van der Waals surface area contributed by atoms with Crippen LogP contribution in [-0.4, -0.2) is 0 Å². The largest absolute Gasteiger partial charge is 0.310 e. The van der Waals surface area contributed by atoms with Crippen molar-refractivity contribution in [3.05, 3.63) is 316 Å². The second kappa shape index (κ2) is 16.6. The molecule has 74 heavy (non-hydrogen) atoms. The first kappa shape index (κ1) is 45.1. The van der Waals surface area contributed by atoms with E-state index in [1.165, 1.54) is 35.4 Å². The Labute approximate surface area is 428 Å². The molecule has 0 saturated carbocycles. The first-order chi connectivity index (χ1) is 36.0. The van der Waals surface area contributed by atoms with Crippen LogP contribution in [0.1, 0.15) is 80.6 Å². The summed E-state index contributed by atoms with van der Waals surface area (Å²) in [5.41, 5.74) is 14.6. The second-order valence-electron chi connectivity index (χ2n) is 20.2. The normalized spacial score (nSPS) is 17.1. The molecular weight excluding hydrogens is 919 g/mol. The fourth-order valence-electron chi connectivity index (χ4n) is 12.9. The predicted octanol–water partition coefficient (Wildman–Crippen LogP) is 18.0. The van der Waals surface area contributed by atoms with Gasteiger partial charge in [-0.3, -0.25) is 0 Å². The van der Waals surface area contributed by atoms with Crippen molar-refractivity contribution in [3.63, 3.8) is 0 Å². The maximum atomic E-state index is 17.0. The maximum Gasteiger partial charge on any atom is 0.128 e. The summed E-state index contributed by atoms with van der Waals surface area (Å²) >= 11 is 0. The van der Waals surface area contributed by atoms with E-state index < -0.39 is 34.1 Å². The van der Waals surface area contributed by atoms with Crippen molar-refractivity contribution in [1.29, 1.82) is 0 Å². The summed E-state index contributed by atoms with van der Waals surface area (Å²) in [6.45, 7) is 12.5. The highest BCUT2D eigenvalue weighted by molar-refractivity contribution is 5.93. The minimum atomic E-state index is -1.30. The first-order valence-corrected chi connectivity index (χ1v) is 24.9. The van der Waals surface area contributed by atoms with Gasteiger partial charge in [-0.1, -0.05) is 179 Å². The molecule has 0 radical (unpaired) electrons. The summed E-state index contributed by atoms with van der Waals surface area (Å²) in [4.78, 5) is 2.22. The number of fused-ring (bicyclic) bond motifs is 9. The number of halogens is 4. The zero-order chi connectivity index (χ0) is 50.7. The van der Waals surface area contributed by atoms with Gasteiger partial charge in [0.2, 0.25) is 0 Å². The molecule has 0 aliphatic heterocycles. The van der Waals surface area contributed by atoms with Crippen LogP contribution < -0.4 is 4.90 Å². The highest BCUT2D eigenvalue weighted by Crippen LogP contribution is 2.61. The minimum Gasteiger partial charge on any atom is -0.310 e. The molecule has 3 aliphatic rings. The number of nitrogens with zero attached hydrogens (tertiary/aromatic N) is 1. The molecule has 13 rings (SSSR count). The second-order valence-corrected chi connectivity index (χ2v) is 20.2. The number of rotatable bonds is 9. The van der Waals surface area contributed by atoms with E-state index in [-0.39, 0.29) is 16.5 Å². The molecule has 10 aromatic carbocycles. The molecule has 0 heterocycles. The zero-order valence-corrected chi connectivity index (χ0v) is 40.7. The average Bonchev–Trinajstić information content (AvgIpc) is 3.98. The molecule has 10 aromatic rings. The molecule has 5 heteroatoms. The third-order valence-electron chi connectivity index (χ3n) is 16.2. The predicted molar refractivity (Wildman–Crippen MR) is 293 cm³/mol. The van der Waals surface area contributed by atoms with Crippen molar-refractivity contribution in [2.45, 2.75) is 30.1 Å². The zero-order valence-electron chi connectivity index (χ0n) is 40.7. The van der Waals surface area contributed by atoms with Crippen LogP contribution >= 0.6 is 0 Å². The van der Waals surface area contributed by atoms with Gasteiger partial charge in [-0.15, -0.1) is 0 Å². The molecule has 0 fully saturated rings. The summed E-state index contributed by atoms with van der Waals surface area (Å²) in [6, 6.07) is 67.0. The molecule has 0 aromatic heterocycles. The Morgan fingerprint density at radius 2 is 0.689 bits per heavy atom. The van der Waals surface area contributed by atoms with Crippen molar-refractivity contribution >= 4 is 29.2 Å². The standard InChI is InChI=1S/C69H47F4N/c1-5-42-19-23-44(24-20-42)68(63-37-46(70)27-35-65(63)72)58-17-11-8-14-52(58)55-33-30-49(40-61(55)68)74(48-29-32-54-51-13-7-10-16-57(51)67(3,4)60(54)39-48)50-31-34-56-53-15-9-12-18-59(53)69(62(56)41-50,45-25-21-43(6-2)22-26-45)64-38-47(71)28-36-66(64)73/h5-41H,1-2H2,3-4H3. The van der Waals surface area contributed by atoms with Gasteiger partial charge in [0.25, 0.3) is 0 Å². The monoisotopic (exact) mass is 965 g/mol. The average molecular weight is 966 g/mol. The molecule has 356 valence electrons. The number of anilines is 3. The third kappa shape index (κ3) is 6.29. The van der Waals surface area contributed by atoms with E-state index in [0.717, 1.165) is 107 Å². The van der Waals surface area contributed by atoms with Crippen LogP contribution in [0.5, 0.6) is 0 Å². The van der Waals surface area contributed by atoms with Crippen LogP contribution in [0.4, 0.5) is 34.6 Å². The van der Waals surface area contributed by atoms with Crippen LogP contribution in [0.3, 0.4) is 0 Å². The highest BCUT2D eigenvalue weighted by Gasteiger charge is 2.50. The Hall–Kier alpha value is -8.80. The molecule has 0 N–H and O–H groups in total. The van der Waals surface area contributed by atoms with Gasteiger partial charge in [-0.05, 0) is 162 Å². The smallest absolute Gasteiger partial charge is 0.128 e. The molecule has 1 nitrogen and oxygen atoms in total. The summed E-state index contributed by atoms with van der Waals surface area (Å²) in [6.07, 6.45) is 3.54. The Kier molecular flexibility index (Phi) is 10.1. The SMILES string of the molecule is C=Cc1ccc(C2(c3cc(F)ccc3F)c3ccccc3-c3ccc(N(c4ccc5c(c4)C(C)(C)c4ccccc4-5)c4ccc5c(c4)C(c4ccc(C=C)cc4)(c4cc(F)ccc4F)c4ccccc4-5)cc32)cc1. The molecule has 0 bridgehead atoms. The molecule has 0 amide bonds. The Morgan fingerprint density at radius 1 is 0.338 bits per heavy atom. The van der Waals surface area contributed by atoms with Crippen LogP contribution in [0.15, 0.2) is 225 Å². The van der Waals surface area contributed by atoms with Gasteiger partial charge < -0.3 is 4.90 Å². The van der Waals surface area contributed by atoms with E-state index in [1.807, 2.05) is 97.1 Å². The first-order valence-electron chi connectivity index (χ1n) is 24.9. The van der Waals surface area contributed by atoms with Crippen LogP contribution in [-0.2, 0) is 16.2 Å². The Bertz CT molecular complexity index is 3770. The van der Waals surface area contributed by atoms with Crippen molar-refractivity contribution in [1.82, 2.24) is 0 Å². The Morgan fingerprint density at radius 3 is 1.11 bits per heavy atom. The number of hydrogen-bond donors (Lipinski definition) is 0. The van der Waals surface area contributed by atoms with Crippen LogP contribution in [0, 0.1) is 23.3 Å². The van der Waals surface area contributed by atoms with Crippen molar-refractivity contribution in [3.8, 4) is 33.4 Å². The lowest BCUT2D eigenvalue weighted by molar-refractivity contribution is 0.564. The van der Waals surface area contributed by atoms with E-state index in [0.29, 0.717) is 0 Å². The minimum absolute atomic E-state index is 0.190. The summed E-state index contributed by atoms with van der Waals surface area (Å²) in [5, 5.41) is 0. The van der Waals surface area contributed by atoms with Gasteiger partial charge in [-0.2, -0.15) is 0 Å². The van der Waals surface area contributed by atoms with E-state index in [9.17, 15) is 0 Å². The molecule has 2 atom stereocenters. The molecule has 2 unspecified atom stereocenters. The lowest BCUT2D eigenvalue weighted by atomic mass is 9.67. The molecule has 3 aliphatic carbocycles. The number of hydrogen-bond acceptors (Lipinski definition) is 1. The summed E-state index contributed by atoms with van der Waals surface area (Å²) < 4.78 is 65.7. The van der Waals surface area contributed by atoms with Gasteiger partial charge in [0.15, 0.2) is 0 Å². The van der Waals surface area contributed by atoms with Gasteiger partial charge in [0, 0.05) is 33.6 Å². The van der Waals surface area contributed by atoms with Crippen LogP contribution in [0.25, 0.3) is 45.5 Å². The maximum absolute atomic E-state index is 17.0. The highest BCUT2D eigenvalue weighted by atomic mass is 19.1. The van der Waals surface area contributed by atoms with Gasteiger partial charge in [-0.25, -0.2) is 17.6 Å². The van der Waals surface area contributed by atoms with Gasteiger partial charge >= 0.3 is 0 Å². The van der Waals surface area contributed by atoms with Crippen molar-refractivity contribution in [2.24, 2.45) is 0 Å². The fourth-order valence-corrected chi connectivity index (χ4v) is 12.9. The van der Waals surface area contributed by atoms with E-state index >= 15 is 17.6 Å². The van der Waals surface area contributed by atoms with E-state index in [4.69, 9.17) is 0 Å². The Balaban J connectivity index is 1.12. The molecule has 0 saturated heterocycles. The van der Waals surface area contributed by atoms with Gasteiger partial charge in [0.1, 0.15) is 23.3 Å². The van der Waals surface area contributed by atoms with Crippen LogP contribution in [0.2, 0.25) is 0 Å². The van der Waals surface area contributed by atoms with Crippen molar-refractivity contribution in [2.75, 3.05) is 4.90 Å². The summed E-state index contributed by atoms with van der Waals surface area (Å²) in [5.74, 6) is -2.18. The number of benzene rings is 10. The van der Waals surface area contributed by atoms with Gasteiger partial charge in [0.05, 0.1) is 10.8 Å². The topological polar surface area (TPSA) is 3.24 Å². The van der Waals surface area contributed by atoms with E-state index in [2.05, 4.69) is 111 Å². The molecular formula is C69H47F4N. The van der Waals surface area contributed by atoms with Crippen molar-refractivity contribution < 1.29 is 17.6 Å².